The average Bonchev–Trinajstić information content (AvgIpc) is 3.00. The van der Waals surface area contributed by atoms with Crippen molar-refractivity contribution in [2.75, 3.05) is 13.1 Å². The van der Waals surface area contributed by atoms with Gasteiger partial charge in [-0.1, -0.05) is 42.5 Å². The minimum atomic E-state index is -0.280. The summed E-state index contributed by atoms with van der Waals surface area (Å²) in [7, 11) is 0. The van der Waals surface area contributed by atoms with E-state index in [0.717, 1.165) is 11.1 Å². The lowest BCUT2D eigenvalue weighted by Gasteiger charge is -2.17. The molecule has 1 fully saturated rings. The summed E-state index contributed by atoms with van der Waals surface area (Å²) in [5.74, 6) is -0.0580. The molecular weight excluding hydrogens is 331 g/mol. The number of aryl methyl sites for hydroxylation is 1. The first-order valence-corrected chi connectivity index (χ1v) is 8.93. The van der Waals surface area contributed by atoms with Crippen molar-refractivity contribution in [3.63, 3.8) is 0 Å². The van der Waals surface area contributed by atoms with Crippen LogP contribution in [-0.2, 0) is 22.6 Å². The van der Waals surface area contributed by atoms with Gasteiger partial charge in [-0.2, -0.15) is 0 Å². The molecule has 0 aliphatic carbocycles. The fourth-order valence-electron chi connectivity index (χ4n) is 3.20. The fourth-order valence-corrected chi connectivity index (χ4v) is 3.20. The van der Waals surface area contributed by atoms with Gasteiger partial charge in [-0.3, -0.25) is 9.59 Å². The van der Waals surface area contributed by atoms with E-state index in [-0.39, 0.29) is 23.5 Å². The van der Waals surface area contributed by atoms with Gasteiger partial charge < -0.3 is 10.2 Å². The zero-order chi connectivity index (χ0) is 18.4. The maximum atomic E-state index is 13.0. The molecule has 1 aliphatic heterocycles. The van der Waals surface area contributed by atoms with Crippen LogP contribution in [0.4, 0.5) is 4.39 Å². The summed E-state index contributed by atoms with van der Waals surface area (Å²) in [6, 6.07) is 16.1. The Morgan fingerprint density at radius 1 is 1.08 bits per heavy atom. The third-order valence-corrected chi connectivity index (χ3v) is 4.65. The van der Waals surface area contributed by atoms with Crippen LogP contribution in [-0.4, -0.2) is 29.8 Å². The van der Waals surface area contributed by atoms with E-state index in [1.54, 1.807) is 17.0 Å². The van der Waals surface area contributed by atoms with Gasteiger partial charge in [0.15, 0.2) is 0 Å². The minimum absolute atomic E-state index is 0.0123. The number of rotatable bonds is 7. The first-order valence-electron chi connectivity index (χ1n) is 8.93. The molecule has 1 atom stereocenters. The quantitative estimate of drug-likeness (QED) is 0.831. The Hall–Kier alpha value is -2.69. The second-order valence-electron chi connectivity index (χ2n) is 6.76. The van der Waals surface area contributed by atoms with E-state index in [9.17, 15) is 14.0 Å². The van der Waals surface area contributed by atoms with Gasteiger partial charge >= 0.3 is 0 Å². The van der Waals surface area contributed by atoms with Crippen LogP contribution in [0.1, 0.15) is 24.0 Å². The second kappa shape index (κ2) is 8.61. The van der Waals surface area contributed by atoms with Crippen LogP contribution in [0.15, 0.2) is 54.6 Å². The molecule has 0 saturated carbocycles. The molecule has 1 heterocycles. The van der Waals surface area contributed by atoms with Crippen molar-refractivity contribution in [1.82, 2.24) is 10.2 Å². The standard InChI is InChI=1S/C21H23FN2O2/c22-19-9-6-17(7-10-19)14-24-15-18(12-21(24)26)13-23-20(25)11-8-16-4-2-1-3-5-16/h1-7,9-10,18H,8,11-15H2,(H,23,25). The molecule has 2 aromatic rings. The predicted octanol–water partition coefficient (Wildman–Crippen LogP) is 2.92. The van der Waals surface area contributed by atoms with Gasteiger partial charge in [0.1, 0.15) is 5.82 Å². The van der Waals surface area contributed by atoms with Crippen LogP contribution < -0.4 is 5.32 Å². The molecule has 1 N–H and O–H groups in total. The number of likely N-dealkylation sites (tertiary alicyclic amines) is 1. The molecule has 5 heteroatoms. The van der Waals surface area contributed by atoms with Gasteiger partial charge in [-0.05, 0) is 29.7 Å². The monoisotopic (exact) mass is 354 g/mol. The molecule has 0 spiro atoms. The lowest BCUT2D eigenvalue weighted by atomic mass is 10.1. The fraction of sp³-hybridized carbons (Fsp3) is 0.333. The summed E-state index contributed by atoms with van der Waals surface area (Å²) in [6.45, 7) is 1.62. The maximum absolute atomic E-state index is 13.0. The number of nitrogens with zero attached hydrogens (tertiary/aromatic N) is 1. The topological polar surface area (TPSA) is 49.4 Å². The molecule has 136 valence electrons. The van der Waals surface area contributed by atoms with E-state index in [2.05, 4.69) is 5.32 Å². The van der Waals surface area contributed by atoms with Crippen LogP contribution in [0.25, 0.3) is 0 Å². The molecule has 0 radical (unpaired) electrons. The van der Waals surface area contributed by atoms with Gasteiger partial charge in [0.25, 0.3) is 0 Å². The second-order valence-corrected chi connectivity index (χ2v) is 6.76. The van der Waals surface area contributed by atoms with E-state index >= 15 is 0 Å². The van der Waals surface area contributed by atoms with Crippen molar-refractivity contribution in [2.24, 2.45) is 5.92 Å². The first-order chi connectivity index (χ1) is 12.6. The van der Waals surface area contributed by atoms with Gasteiger partial charge in [-0.25, -0.2) is 4.39 Å². The highest BCUT2D eigenvalue weighted by Gasteiger charge is 2.29. The smallest absolute Gasteiger partial charge is 0.223 e. The minimum Gasteiger partial charge on any atom is -0.356 e. The van der Waals surface area contributed by atoms with E-state index in [1.807, 2.05) is 30.3 Å². The number of amides is 2. The van der Waals surface area contributed by atoms with Gasteiger partial charge in [-0.15, -0.1) is 0 Å². The summed E-state index contributed by atoms with van der Waals surface area (Å²) in [6.07, 6.45) is 1.61. The SMILES string of the molecule is O=C(CCc1ccccc1)NCC1CC(=O)N(Cc2ccc(F)cc2)C1. The predicted molar refractivity (Wildman–Crippen MR) is 97.7 cm³/mol. The summed E-state index contributed by atoms with van der Waals surface area (Å²) >= 11 is 0. The highest BCUT2D eigenvalue weighted by Crippen LogP contribution is 2.20. The Labute approximate surface area is 153 Å². The molecule has 2 amide bonds. The van der Waals surface area contributed by atoms with E-state index in [0.29, 0.717) is 38.9 Å². The third kappa shape index (κ3) is 5.15. The molecule has 1 unspecified atom stereocenters. The Morgan fingerprint density at radius 2 is 1.81 bits per heavy atom. The number of hydrogen-bond acceptors (Lipinski definition) is 2. The highest BCUT2D eigenvalue weighted by atomic mass is 19.1. The summed E-state index contributed by atoms with van der Waals surface area (Å²) in [5.41, 5.74) is 2.05. The van der Waals surface area contributed by atoms with Crippen molar-refractivity contribution in [3.05, 3.63) is 71.5 Å². The Morgan fingerprint density at radius 3 is 2.54 bits per heavy atom. The van der Waals surface area contributed by atoms with Gasteiger partial charge in [0.2, 0.25) is 11.8 Å². The molecule has 0 bridgehead atoms. The van der Waals surface area contributed by atoms with Crippen LogP contribution in [0, 0.1) is 11.7 Å². The van der Waals surface area contributed by atoms with Crippen LogP contribution in [0.3, 0.4) is 0 Å². The van der Waals surface area contributed by atoms with Crippen molar-refractivity contribution >= 4 is 11.8 Å². The molecule has 1 aliphatic rings. The third-order valence-electron chi connectivity index (χ3n) is 4.65. The number of nitrogens with one attached hydrogen (secondary N) is 1. The first kappa shape index (κ1) is 18.1. The molecular formula is C21H23FN2O2. The lowest BCUT2D eigenvalue weighted by molar-refractivity contribution is -0.128. The Balaban J connectivity index is 1.41. The zero-order valence-electron chi connectivity index (χ0n) is 14.7. The maximum Gasteiger partial charge on any atom is 0.223 e. The number of carbonyl (C=O) groups excluding carboxylic acids is 2. The Bertz CT molecular complexity index is 746. The van der Waals surface area contributed by atoms with Crippen LogP contribution in [0.5, 0.6) is 0 Å². The number of carbonyl (C=O) groups is 2. The van der Waals surface area contributed by atoms with E-state index < -0.39 is 0 Å². The number of hydrogen-bond donors (Lipinski definition) is 1. The van der Waals surface area contributed by atoms with Gasteiger partial charge in [0.05, 0.1) is 0 Å². The molecule has 1 saturated heterocycles. The Kier molecular flexibility index (Phi) is 6.00. The van der Waals surface area contributed by atoms with Crippen LogP contribution >= 0.6 is 0 Å². The molecule has 26 heavy (non-hydrogen) atoms. The summed E-state index contributed by atoms with van der Waals surface area (Å²) in [5, 5.41) is 2.94. The molecule has 0 aromatic heterocycles. The lowest BCUT2D eigenvalue weighted by Crippen LogP contribution is -2.31. The normalized spacial score (nSPS) is 16.7. The molecule has 3 rings (SSSR count). The van der Waals surface area contributed by atoms with E-state index in [1.165, 1.54) is 12.1 Å². The van der Waals surface area contributed by atoms with Crippen molar-refractivity contribution in [1.29, 1.82) is 0 Å². The van der Waals surface area contributed by atoms with Crippen molar-refractivity contribution in [2.45, 2.75) is 25.8 Å². The average molecular weight is 354 g/mol. The van der Waals surface area contributed by atoms with Crippen molar-refractivity contribution < 1.29 is 14.0 Å². The summed E-state index contributed by atoms with van der Waals surface area (Å²) < 4.78 is 13.0. The highest BCUT2D eigenvalue weighted by molar-refractivity contribution is 5.79. The van der Waals surface area contributed by atoms with Gasteiger partial charge in [0, 0.05) is 38.4 Å². The van der Waals surface area contributed by atoms with Crippen LogP contribution in [0.2, 0.25) is 0 Å². The summed E-state index contributed by atoms with van der Waals surface area (Å²) in [4.78, 5) is 25.9. The number of halogens is 1. The zero-order valence-corrected chi connectivity index (χ0v) is 14.7. The van der Waals surface area contributed by atoms with Crippen molar-refractivity contribution in [3.8, 4) is 0 Å². The largest absolute Gasteiger partial charge is 0.356 e. The number of benzene rings is 2. The van der Waals surface area contributed by atoms with E-state index in [4.69, 9.17) is 0 Å². The molecule has 4 nitrogen and oxygen atoms in total. The molecule has 2 aromatic carbocycles.